The minimum absolute atomic E-state index is 0.00456. The van der Waals surface area contributed by atoms with Gasteiger partial charge in [-0.2, -0.15) is 0 Å². The van der Waals surface area contributed by atoms with E-state index in [9.17, 15) is 10.2 Å². The van der Waals surface area contributed by atoms with Crippen molar-refractivity contribution in [1.29, 1.82) is 0 Å². The molecule has 0 aliphatic carbocycles. The Morgan fingerprint density at radius 1 is 0.700 bits per heavy atom. The first-order valence-corrected chi connectivity index (χ1v) is 9.64. The SMILES string of the molecule is Oc1ccccc1OCC(O)Cc1nc(-c2ccccc2)nc(-c2ccccc2)n1. The summed E-state index contributed by atoms with van der Waals surface area (Å²) in [6, 6.07) is 26.0. The van der Waals surface area contributed by atoms with E-state index in [-0.39, 0.29) is 18.8 Å². The topological polar surface area (TPSA) is 88.4 Å². The number of rotatable bonds is 7. The van der Waals surface area contributed by atoms with Crippen molar-refractivity contribution >= 4 is 0 Å². The molecular weight excluding hydrogens is 378 g/mol. The number of hydrogen-bond acceptors (Lipinski definition) is 6. The van der Waals surface area contributed by atoms with E-state index in [0.717, 1.165) is 11.1 Å². The van der Waals surface area contributed by atoms with Crippen LogP contribution in [0.1, 0.15) is 5.82 Å². The quantitative estimate of drug-likeness (QED) is 0.490. The van der Waals surface area contributed by atoms with Crippen molar-refractivity contribution in [2.45, 2.75) is 12.5 Å². The molecule has 1 atom stereocenters. The highest BCUT2D eigenvalue weighted by Crippen LogP contribution is 2.25. The fraction of sp³-hybridized carbons (Fsp3) is 0.125. The van der Waals surface area contributed by atoms with E-state index < -0.39 is 6.10 Å². The van der Waals surface area contributed by atoms with Gasteiger partial charge in [0.1, 0.15) is 12.4 Å². The molecule has 6 heteroatoms. The van der Waals surface area contributed by atoms with Crippen molar-refractivity contribution in [2.24, 2.45) is 0 Å². The number of ether oxygens (including phenoxy) is 1. The van der Waals surface area contributed by atoms with Gasteiger partial charge in [-0.05, 0) is 12.1 Å². The van der Waals surface area contributed by atoms with Crippen LogP contribution < -0.4 is 4.74 Å². The minimum atomic E-state index is -0.848. The molecular formula is C24H21N3O3. The van der Waals surface area contributed by atoms with Gasteiger partial charge >= 0.3 is 0 Å². The Morgan fingerprint density at radius 3 is 1.80 bits per heavy atom. The van der Waals surface area contributed by atoms with Crippen LogP contribution in [0.4, 0.5) is 0 Å². The second-order valence-corrected chi connectivity index (χ2v) is 6.77. The summed E-state index contributed by atoms with van der Waals surface area (Å²) in [5.41, 5.74) is 1.75. The molecule has 0 saturated heterocycles. The molecule has 1 heterocycles. The van der Waals surface area contributed by atoms with Crippen molar-refractivity contribution in [1.82, 2.24) is 15.0 Å². The monoisotopic (exact) mass is 399 g/mol. The summed E-state index contributed by atoms with van der Waals surface area (Å²) in [6.07, 6.45) is -0.658. The molecule has 0 fully saturated rings. The molecule has 1 unspecified atom stereocenters. The fourth-order valence-electron chi connectivity index (χ4n) is 2.98. The summed E-state index contributed by atoms with van der Waals surface area (Å²) in [5.74, 6) is 1.92. The predicted octanol–water partition coefficient (Wildman–Crippen LogP) is 3.89. The van der Waals surface area contributed by atoms with Crippen molar-refractivity contribution in [3.63, 3.8) is 0 Å². The summed E-state index contributed by atoms with van der Waals surface area (Å²) in [4.78, 5) is 13.7. The van der Waals surface area contributed by atoms with E-state index in [1.54, 1.807) is 18.2 Å². The Morgan fingerprint density at radius 2 is 1.23 bits per heavy atom. The van der Waals surface area contributed by atoms with E-state index in [1.807, 2.05) is 60.7 Å². The van der Waals surface area contributed by atoms with E-state index in [2.05, 4.69) is 15.0 Å². The van der Waals surface area contributed by atoms with Crippen LogP contribution in [0.5, 0.6) is 11.5 Å². The molecule has 6 nitrogen and oxygen atoms in total. The Labute approximate surface area is 174 Å². The number of nitrogens with zero attached hydrogens (tertiary/aromatic N) is 3. The molecule has 1 aromatic heterocycles. The molecule has 4 rings (SSSR count). The maximum Gasteiger partial charge on any atom is 0.163 e. The van der Waals surface area contributed by atoms with Crippen molar-refractivity contribution in [2.75, 3.05) is 6.61 Å². The lowest BCUT2D eigenvalue weighted by Gasteiger charge is -2.13. The number of hydrogen-bond donors (Lipinski definition) is 2. The summed E-state index contributed by atoms with van der Waals surface area (Å²) in [5, 5.41) is 20.3. The number of benzene rings is 3. The van der Waals surface area contributed by atoms with Gasteiger partial charge in [0.25, 0.3) is 0 Å². The zero-order chi connectivity index (χ0) is 20.8. The van der Waals surface area contributed by atoms with E-state index in [0.29, 0.717) is 23.2 Å². The highest BCUT2D eigenvalue weighted by molar-refractivity contribution is 5.60. The third-order valence-electron chi connectivity index (χ3n) is 4.46. The van der Waals surface area contributed by atoms with Crippen LogP contribution in [0, 0.1) is 0 Å². The predicted molar refractivity (Wildman–Crippen MR) is 114 cm³/mol. The third-order valence-corrected chi connectivity index (χ3v) is 4.46. The van der Waals surface area contributed by atoms with Crippen LogP contribution in [-0.2, 0) is 6.42 Å². The number of aromatic nitrogens is 3. The number of aliphatic hydroxyl groups excluding tert-OH is 1. The van der Waals surface area contributed by atoms with Crippen LogP contribution in [0.15, 0.2) is 84.9 Å². The van der Waals surface area contributed by atoms with E-state index in [4.69, 9.17) is 4.74 Å². The van der Waals surface area contributed by atoms with Gasteiger partial charge in [0, 0.05) is 17.5 Å². The Balaban J connectivity index is 1.58. The molecule has 0 aliphatic heterocycles. The zero-order valence-corrected chi connectivity index (χ0v) is 16.2. The Bertz CT molecular complexity index is 1050. The summed E-state index contributed by atoms with van der Waals surface area (Å²) in [7, 11) is 0. The Hall–Kier alpha value is -3.77. The summed E-state index contributed by atoms with van der Waals surface area (Å²) < 4.78 is 5.53. The number of aliphatic hydroxyl groups is 1. The van der Waals surface area contributed by atoms with E-state index >= 15 is 0 Å². The molecule has 0 spiro atoms. The van der Waals surface area contributed by atoms with Crippen LogP contribution in [0.2, 0.25) is 0 Å². The van der Waals surface area contributed by atoms with Crippen molar-refractivity contribution in [3.8, 4) is 34.3 Å². The van der Waals surface area contributed by atoms with Gasteiger partial charge < -0.3 is 14.9 Å². The summed E-state index contributed by atoms with van der Waals surface area (Å²) >= 11 is 0. The van der Waals surface area contributed by atoms with Gasteiger partial charge in [0.05, 0.1) is 6.10 Å². The fourth-order valence-corrected chi connectivity index (χ4v) is 2.98. The van der Waals surface area contributed by atoms with E-state index in [1.165, 1.54) is 6.07 Å². The highest BCUT2D eigenvalue weighted by atomic mass is 16.5. The van der Waals surface area contributed by atoms with Crippen LogP contribution in [0.25, 0.3) is 22.8 Å². The average Bonchev–Trinajstić information content (AvgIpc) is 2.79. The molecule has 0 saturated carbocycles. The lowest BCUT2D eigenvalue weighted by atomic mass is 10.1. The maximum absolute atomic E-state index is 10.5. The van der Waals surface area contributed by atoms with Crippen molar-refractivity contribution < 1.29 is 14.9 Å². The van der Waals surface area contributed by atoms with Crippen LogP contribution >= 0.6 is 0 Å². The highest BCUT2D eigenvalue weighted by Gasteiger charge is 2.15. The minimum Gasteiger partial charge on any atom is -0.504 e. The van der Waals surface area contributed by atoms with Gasteiger partial charge in [-0.1, -0.05) is 72.8 Å². The molecule has 3 aromatic carbocycles. The molecule has 30 heavy (non-hydrogen) atoms. The van der Waals surface area contributed by atoms with Crippen LogP contribution in [-0.4, -0.2) is 37.9 Å². The number of phenolic OH excluding ortho intramolecular Hbond substituents is 1. The zero-order valence-electron chi connectivity index (χ0n) is 16.2. The lowest BCUT2D eigenvalue weighted by molar-refractivity contribution is 0.104. The molecule has 0 aliphatic rings. The van der Waals surface area contributed by atoms with Gasteiger partial charge in [-0.15, -0.1) is 0 Å². The van der Waals surface area contributed by atoms with Gasteiger partial charge in [-0.3, -0.25) is 0 Å². The summed E-state index contributed by atoms with van der Waals surface area (Å²) in [6.45, 7) is 0.00456. The van der Waals surface area contributed by atoms with Gasteiger partial charge in [-0.25, -0.2) is 15.0 Å². The first-order chi connectivity index (χ1) is 14.7. The molecule has 0 amide bonds. The first kappa shape index (κ1) is 19.5. The molecule has 0 radical (unpaired) electrons. The Kier molecular flexibility index (Phi) is 5.96. The number of phenols is 1. The molecule has 2 N–H and O–H groups in total. The largest absolute Gasteiger partial charge is 0.504 e. The van der Waals surface area contributed by atoms with Crippen molar-refractivity contribution in [3.05, 3.63) is 90.8 Å². The second-order valence-electron chi connectivity index (χ2n) is 6.77. The molecule has 4 aromatic rings. The molecule has 0 bridgehead atoms. The standard InChI is InChI=1S/C24H21N3O3/c28-19(16-30-21-14-8-7-13-20(21)29)15-22-25-23(17-9-3-1-4-10-17)27-24(26-22)18-11-5-2-6-12-18/h1-14,19,28-29H,15-16H2. The van der Waals surface area contributed by atoms with Crippen LogP contribution in [0.3, 0.4) is 0 Å². The average molecular weight is 399 g/mol. The maximum atomic E-state index is 10.5. The normalized spacial score (nSPS) is 11.8. The third kappa shape index (κ3) is 4.79. The smallest absolute Gasteiger partial charge is 0.163 e. The number of para-hydroxylation sites is 2. The number of aromatic hydroxyl groups is 1. The lowest BCUT2D eigenvalue weighted by Crippen LogP contribution is -2.22. The van der Waals surface area contributed by atoms with Gasteiger partial charge in [0.2, 0.25) is 0 Å². The second kappa shape index (κ2) is 9.15. The van der Waals surface area contributed by atoms with Gasteiger partial charge in [0.15, 0.2) is 23.1 Å². The first-order valence-electron chi connectivity index (χ1n) is 9.64. The molecule has 150 valence electrons.